The molecular formula is C13H16ClN3O. The molecule has 0 saturated carbocycles. The topological polar surface area (TPSA) is 51.0 Å². The lowest BCUT2D eigenvalue weighted by atomic mass is 10.1. The van der Waals surface area contributed by atoms with Gasteiger partial charge in [-0.1, -0.05) is 35.0 Å². The lowest BCUT2D eigenvalue weighted by Crippen LogP contribution is -2.21. The predicted octanol–water partition coefficient (Wildman–Crippen LogP) is 2.92. The lowest BCUT2D eigenvalue weighted by Gasteiger charge is -2.14. The maximum absolute atomic E-state index is 6.14. The maximum Gasteiger partial charge on any atom is 0.227 e. The Kier molecular flexibility index (Phi) is 4.33. The fourth-order valence-electron chi connectivity index (χ4n) is 1.77. The van der Waals surface area contributed by atoms with Crippen LogP contribution in [0.5, 0.6) is 0 Å². The quantitative estimate of drug-likeness (QED) is 0.903. The second kappa shape index (κ2) is 5.98. The third kappa shape index (κ3) is 3.31. The summed E-state index contributed by atoms with van der Waals surface area (Å²) in [6.45, 7) is 4.67. The van der Waals surface area contributed by atoms with Crippen molar-refractivity contribution in [1.82, 2.24) is 15.5 Å². The van der Waals surface area contributed by atoms with Gasteiger partial charge in [-0.3, -0.25) is 0 Å². The van der Waals surface area contributed by atoms with E-state index in [-0.39, 0.29) is 6.04 Å². The second-order valence-corrected chi connectivity index (χ2v) is 4.59. The van der Waals surface area contributed by atoms with Gasteiger partial charge in [-0.05, 0) is 25.5 Å². The average molecular weight is 266 g/mol. The van der Waals surface area contributed by atoms with Crippen molar-refractivity contribution in [2.45, 2.75) is 26.3 Å². The number of hydrogen-bond donors (Lipinski definition) is 1. The van der Waals surface area contributed by atoms with Crippen LogP contribution in [0, 0.1) is 6.92 Å². The number of aryl methyl sites for hydroxylation is 1. The standard InChI is InChI=1S/C13H16ClN3O/c1-9(11-5-3-4-6-12(11)14)15-8-7-13-16-10(2)17-18-13/h3-6,9,15H,7-8H2,1-2H3. The van der Waals surface area contributed by atoms with Gasteiger partial charge in [-0.25, -0.2) is 0 Å². The molecule has 2 aromatic rings. The fraction of sp³-hybridized carbons (Fsp3) is 0.385. The Balaban J connectivity index is 1.85. The van der Waals surface area contributed by atoms with Crippen molar-refractivity contribution >= 4 is 11.6 Å². The van der Waals surface area contributed by atoms with E-state index in [4.69, 9.17) is 16.1 Å². The van der Waals surface area contributed by atoms with Gasteiger partial charge < -0.3 is 9.84 Å². The Bertz CT molecular complexity index is 512. The van der Waals surface area contributed by atoms with Crippen LogP contribution in [0.15, 0.2) is 28.8 Å². The number of nitrogens with zero attached hydrogens (tertiary/aromatic N) is 2. The second-order valence-electron chi connectivity index (χ2n) is 4.18. The van der Waals surface area contributed by atoms with Gasteiger partial charge in [0.2, 0.25) is 5.89 Å². The van der Waals surface area contributed by atoms with Gasteiger partial charge in [0.1, 0.15) is 0 Å². The smallest absolute Gasteiger partial charge is 0.227 e. The number of benzene rings is 1. The molecule has 0 aliphatic heterocycles. The van der Waals surface area contributed by atoms with Crippen molar-refractivity contribution in [3.05, 3.63) is 46.6 Å². The Morgan fingerprint density at radius 2 is 2.17 bits per heavy atom. The molecule has 0 spiro atoms. The van der Waals surface area contributed by atoms with Crippen molar-refractivity contribution in [3.63, 3.8) is 0 Å². The molecule has 96 valence electrons. The lowest BCUT2D eigenvalue weighted by molar-refractivity contribution is 0.370. The van der Waals surface area contributed by atoms with Crippen molar-refractivity contribution in [1.29, 1.82) is 0 Å². The summed E-state index contributed by atoms with van der Waals surface area (Å²) in [5.74, 6) is 1.33. The highest BCUT2D eigenvalue weighted by atomic mass is 35.5. The van der Waals surface area contributed by atoms with Gasteiger partial charge in [0, 0.05) is 24.0 Å². The van der Waals surface area contributed by atoms with Gasteiger partial charge in [-0.2, -0.15) is 4.98 Å². The summed E-state index contributed by atoms with van der Waals surface area (Å²) in [6, 6.07) is 8.04. The van der Waals surface area contributed by atoms with Gasteiger partial charge in [0.15, 0.2) is 5.82 Å². The van der Waals surface area contributed by atoms with Crippen LogP contribution in [0.1, 0.15) is 30.2 Å². The highest BCUT2D eigenvalue weighted by Gasteiger charge is 2.09. The molecule has 0 amide bonds. The molecule has 0 radical (unpaired) electrons. The molecule has 0 aliphatic rings. The van der Waals surface area contributed by atoms with Crippen LogP contribution in [0.3, 0.4) is 0 Å². The molecule has 2 rings (SSSR count). The molecule has 0 bridgehead atoms. The van der Waals surface area contributed by atoms with Crippen LogP contribution in [-0.2, 0) is 6.42 Å². The van der Waals surface area contributed by atoms with Crippen LogP contribution >= 0.6 is 11.6 Å². The van der Waals surface area contributed by atoms with E-state index in [0.717, 1.165) is 23.6 Å². The van der Waals surface area contributed by atoms with Gasteiger partial charge in [0.25, 0.3) is 0 Å². The van der Waals surface area contributed by atoms with Crippen molar-refractivity contribution in [2.24, 2.45) is 0 Å². The molecule has 1 aromatic heterocycles. The molecule has 0 saturated heterocycles. The Hall–Kier alpha value is -1.39. The van der Waals surface area contributed by atoms with Gasteiger partial charge in [-0.15, -0.1) is 0 Å². The zero-order valence-corrected chi connectivity index (χ0v) is 11.2. The van der Waals surface area contributed by atoms with Gasteiger partial charge >= 0.3 is 0 Å². The third-order valence-electron chi connectivity index (χ3n) is 2.73. The number of halogens is 1. The molecule has 4 nitrogen and oxygen atoms in total. The molecule has 1 heterocycles. The van der Waals surface area contributed by atoms with E-state index < -0.39 is 0 Å². The summed E-state index contributed by atoms with van der Waals surface area (Å²) in [5.41, 5.74) is 1.10. The van der Waals surface area contributed by atoms with Crippen LogP contribution < -0.4 is 5.32 Å². The Morgan fingerprint density at radius 1 is 1.39 bits per heavy atom. The number of rotatable bonds is 5. The average Bonchev–Trinajstić information content (AvgIpc) is 2.75. The first-order valence-electron chi connectivity index (χ1n) is 5.94. The van der Waals surface area contributed by atoms with E-state index in [1.54, 1.807) is 0 Å². The Morgan fingerprint density at radius 3 is 2.83 bits per heavy atom. The van der Waals surface area contributed by atoms with E-state index in [0.29, 0.717) is 11.7 Å². The minimum atomic E-state index is 0.197. The maximum atomic E-state index is 6.14. The van der Waals surface area contributed by atoms with Crippen LogP contribution in [0.25, 0.3) is 0 Å². The highest BCUT2D eigenvalue weighted by Crippen LogP contribution is 2.21. The third-order valence-corrected chi connectivity index (χ3v) is 3.07. The predicted molar refractivity (Wildman–Crippen MR) is 70.6 cm³/mol. The monoisotopic (exact) mass is 265 g/mol. The zero-order chi connectivity index (χ0) is 13.0. The molecule has 5 heteroatoms. The first-order valence-corrected chi connectivity index (χ1v) is 6.31. The molecular weight excluding hydrogens is 250 g/mol. The van der Waals surface area contributed by atoms with E-state index in [1.165, 1.54) is 0 Å². The normalized spacial score (nSPS) is 12.6. The number of nitrogens with one attached hydrogen (secondary N) is 1. The first-order chi connectivity index (χ1) is 8.66. The molecule has 1 aromatic carbocycles. The van der Waals surface area contributed by atoms with E-state index in [1.807, 2.05) is 31.2 Å². The van der Waals surface area contributed by atoms with E-state index in [9.17, 15) is 0 Å². The minimum Gasteiger partial charge on any atom is -0.339 e. The fourth-order valence-corrected chi connectivity index (χ4v) is 2.07. The summed E-state index contributed by atoms with van der Waals surface area (Å²) in [4.78, 5) is 4.15. The molecule has 1 unspecified atom stereocenters. The van der Waals surface area contributed by atoms with E-state index in [2.05, 4.69) is 22.4 Å². The molecule has 0 fully saturated rings. The summed E-state index contributed by atoms with van der Waals surface area (Å²) in [5, 5.41) is 7.92. The summed E-state index contributed by atoms with van der Waals surface area (Å²) < 4.78 is 5.05. The van der Waals surface area contributed by atoms with Crippen molar-refractivity contribution in [2.75, 3.05) is 6.54 Å². The van der Waals surface area contributed by atoms with Crippen molar-refractivity contribution < 1.29 is 4.52 Å². The summed E-state index contributed by atoms with van der Waals surface area (Å²) >= 11 is 6.14. The number of aromatic nitrogens is 2. The van der Waals surface area contributed by atoms with Crippen LogP contribution in [0.4, 0.5) is 0 Å². The van der Waals surface area contributed by atoms with Crippen LogP contribution in [-0.4, -0.2) is 16.7 Å². The molecule has 18 heavy (non-hydrogen) atoms. The summed E-state index contributed by atoms with van der Waals surface area (Å²) in [6.07, 6.45) is 0.718. The summed E-state index contributed by atoms with van der Waals surface area (Å²) in [7, 11) is 0. The number of hydrogen-bond acceptors (Lipinski definition) is 4. The highest BCUT2D eigenvalue weighted by molar-refractivity contribution is 6.31. The van der Waals surface area contributed by atoms with Gasteiger partial charge in [0.05, 0.1) is 0 Å². The SMILES string of the molecule is Cc1noc(CCNC(C)c2ccccc2Cl)n1. The molecule has 0 aliphatic carbocycles. The van der Waals surface area contributed by atoms with Crippen LogP contribution in [0.2, 0.25) is 5.02 Å². The molecule has 1 atom stereocenters. The van der Waals surface area contributed by atoms with Crippen molar-refractivity contribution in [3.8, 4) is 0 Å². The largest absolute Gasteiger partial charge is 0.339 e. The zero-order valence-electron chi connectivity index (χ0n) is 10.5. The first kappa shape index (κ1) is 13.1. The minimum absolute atomic E-state index is 0.197. The molecule has 1 N–H and O–H groups in total. The Labute approximate surface area is 111 Å². The van der Waals surface area contributed by atoms with E-state index >= 15 is 0 Å².